The van der Waals surface area contributed by atoms with E-state index in [0.29, 0.717) is 47.2 Å². The Morgan fingerprint density at radius 2 is 0.810 bits per heavy atom. The van der Waals surface area contributed by atoms with Gasteiger partial charge in [-0.2, -0.15) is 0 Å². The van der Waals surface area contributed by atoms with Gasteiger partial charge in [0.05, 0.1) is 79.5 Å². The molecule has 4 atom stereocenters. The summed E-state index contributed by atoms with van der Waals surface area (Å²) in [5.41, 5.74) is 2.01. The lowest BCUT2D eigenvalue weighted by atomic mass is 9.95. The van der Waals surface area contributed by atoms with Crippen molar-refractivity contribution in [2.75, 3.05) is 42.5 Å². The Labute approximate surface area is 362 Å². The quantitative estimate of drug-likeness (QED) is 0.128. The third kappa shape index (κ3) is 10.0. The molecule has 2 aromatic rings. The number of carbonyl (C=O) groups is 4. The van der Waals surface area contributed by atoms with Gasteiger partial charge >= 0.3 is 23.9 Å². The molecule has 2 aromatic carbocycles. The lowest BCUT2D eigenvalue weighted by Gasteiger charge is -2.47. The molecule has 14 nitrogen and oxygen atoms in total. The van der Waals surface area contributed by atoms with E-state index in [1.165, 1.54) is 42.3 Å². The van der Waals surface area contributed by atoms with Gasteiger partial charge in [-0.1, -0.05) is 0 Å². The highest BCUT2D eigenvalue weighted by Crippen LogP contribution is 2.47. The summed E-state index contributed by atoms with van der Waals surface area (Å²) in [6.07, 6.45) is 6.74. The minimum absolute atomic E-state index is 0. The van der Waals surface area contributed by atoms with E-state index in [0.717, 1.165) is 84.5 Å². The Bertz CT molecular complexity index is 1620. The molecule has 0 N–H and O–H groups in total. The van der Waals surface area contributed by atoms with E-state index in [9.17, 15) is 19.2 Å². The molecule has 0 spiro atoms. The Hall–Kier alpha value is -3.60. The van der Waals surface area contributed by atoms with E-state index in [-0.39, 0.29) is 82.5 Å². The first kappa shape index (κ1) is 47.1. The Morgan fingerprint density at radius 1 is 0.534 bits per heavy atom. The number of ether oxygens (including phenoxy) is 8. The molecule has 0 radical (unpaired) electrons. The highest BCUT2D eigenvalue weighted by atomic mass is 79.9. The molecule has 16 heteroatoms. The van der Waals surface area contributed by atoms with Crippen LogP contribution in [0.2, 0.25) is 0 Å². The monoisotopic (exact) mass is 940 g/mol. The first-order valence-electron chi connectivity index (χ1n) is 19.6. The summed E-state index contributed by atoms with van der Waals surface area (Å²) in [5.74, 6) is 0.641. The average Bonchev–Trinajstić information content (AvgIpc) is 3.38. The van der Waals surface area contributed by atoms with Gasteiger partial charge in [-0.05, 0) is 24.3 Å². The zero-order valence-corrected chi connectivity index (χ0v) is 38.0. The van der Waals surface area contributed by atoms with Gasteiger partial charge in [0.1, 0.15) is 25.3 Å². The predicted octanol–water partition coefficient (Wildman–Crippen LogP) is -0.574. The van der Waals surface area contributed by atoms with Gasteiger partial charge in [-0.25, -0.2) is 0 Å². The van der Waals surface area contributed by atoms with Crippen LogP contribution in [0.5, 0.6) is 34.5 Å². The number of benzene rings is 2. The van der Waals surface area contributed by atoms with Gasteiger partial charge in [-0.15, -0.1) is 0 Å². The maximum absolute atomic E-state index is 13.0. The smallest absolute Gasteiger partial charge is 0.308 e. The van der Waals surface area contributed by atoms with Crippen LogP contribution in [0.4, 0.5) is 0 Å². The summed E-state index contributed by atoms with van der Waals surface area (Å²) in [4.78, 5) is 49.5. The van der Waals surface area contributed by atoms with Gasteiger partial charge in [0.15, 0.2) is 23.0 Å². The van der Waals surface area contributed by atoms with Crippen LogP contribution < -0.4 is 62.4 Å². The number of hydrogen-bond donors (Lipinski definition) is 0. The zero-order valence-electron chi connectivity index (χ0n) is 34.8. The van der Waals surface area contributed by atoms with Crippen LogP contribution in [-0.4, -0.2) is 112 Å². The number of rotatable bonds is 15. The number of quaternary nitrogens is 2. The van der Waals surface area contributed by atoms with Crippen LogP contribution in [0.25, 0.3) is 0 Å². The minimum atomic E-state index is -0.456. The second kappa shape index (κ2) is 19.6. The van der Waals surface area contributed by atoms with Gasteiger partial charge in [0.25, 0.3) is 0 Å². The van der Waals surface area contributed by atoms with Crippen LogP contribution in [0, 0.1) is 0 Å². The van der Waals surface area contributed by atoms with Crippen molar-refractivity contribution in [3.8, 4) is 34.5 Å². The molecule has 0 aliphatic carbocycles. The van der Waals surface area contributed by atoms with E-state index < -0.39 is 11.9 Å². The summed E-state index contributed by atoms with van der Waals surface area (Å²) in [7, 11) is 10.7. The first-order chi connectivity index (χ1) is 26.7. The average molecular weight is 943 g/mol. The van der Waals surface area contributed by atoms with Crippen LogP contribution in [0.3, 0.4) is 0 Å². The van der Waals surface area contributed by atoms with Crippen molar-refractivity contribution in [1.82, 2.24) is 0 Å². The fourth-order valence-electron chi connectivity index (χ4n) is 10.1. The molecule has 0 amide bonds. The molecular weight excluding hydrogens is 884 g/mol. The third-order valence-corrected chi connectivity index (χ3v) is 12.9. The highest BCUT2D eigenvalue weighted by Gasteiger charge is 2.54. The second-order valence-corrected chi connectivity index (χ2v) is 16.3. The van der Waals surface area contributed by atoms with Crippen molar-refractivity contribution in [3.63, 3.8) is 0 Å². The summed E-state index contributed by atoms with van der Waals surface area (Å²) in [6, 6.07) is 8.80. The van der Waals surface area contributed by atoms with Crippen LogP contribution >= 0.6 is 0 Å². The molecule has 0 aromatic heterocycles. The van der Waals surface area contributed by atoms with E-state index in [2.05, 4.69) is 14.1 Å². The number of fused-ring (bicyclic) bond motifs is 4. The molecule has 4 unspecified atom stereocenters. The van der Waals surface area contributed by atoms with Crippen molar-refractivity contribution in [2.24, 2.45) is 0 Å². The van der Waals surface area contributed by atoms with E-state index in [1.54, 1.807) is 0 Å². The molecule has 4 heterocycles. The summed E-state index contributed by atoms with van der Waals surface area (Å²) in [6.45, 7) is 4.13. The maximum Gasteiger partial charge on any atom is 0.308 e. The van der Waals surface area contributed by atoms with Crippen molar-refractivity contribution in [1.29, 1.82) is 0 Å². The fraction of sp³-hybridized carbons (Fsp3) is 0.619. The van der Waals surface area contributed by atoms with Gasteiger partial charge < -0.3 is 80.8 Å². The molecule has 6 rings (SSSR count). The van der Waals surface area contributed by atoms with Crippen LogP contribution in [0.1, 0.15) is 89.2 Å². The molecule has 4 aliphatic heterocycles. The van der Waals surface area contributed by atoms with Crippen LogP contribution in [0.15, 0.2) is 24.3 Å². The van der Waals surface area contributed by atoms with Crippen molar-refractivity contribution in [2.45, 2.75) is 128 Å². The molecule has 58 heavy (non-hydrogen) atoms. The molecule has 4 fully saturated rings. The number of halogens is 2. The Morgan fingerprint density at radius 3 is 1.05 bits per heavy atom. The normalized spacial score (nSPS) is 27.9. The third-order valence-electron chi connectivity index (χ3n) is 12.9. The number of piperidine rings is 2. The Balaban J connectivity index is 0.00000372. The topological polar surface area (TPSA) is 142 Å². The molecule has 4 aliphatic rings. The van der Waals surface area contributed by atoms with Crippen molar-refractivity contribution >= 4 is 23.9 Å². The van der Waals surface area contributed by atoms with Gasteiger partial charge in [-0.3, -0.25) is 19.2 Å². The number of methoxy groups -OCH3 is 4. The first-order valence-corrected chi connectivity index (χ1v) is 19.6. The summed E-state index contributed by atoms with van der Waals surface area (Å²) in [5, 5.41) is 0. The Kier molecular flexibility index (Phi) is 15.9. The number of hydrogen-bond acceptors (Lipinski definition) is 12. The van der Waals surface area contributed by atoms with Gasteiger partial charge in [0.2, 0.25) is 11.5 Å². The predicted molar refractivity (Wildman–Crippen MR) is 203 cm³/mol. The van der Waals surface area contributed by atoms with Crippen molar-refractivity contribution < 1.29 is 100 Å². The number of carbonyl (C=O) groups excluding carboxylic acids is 4. The second-order valence-electron chi connectivity index (χ2n) is 16.3. The van der Waals surface area contributed by atoms with E-state index >= 15 is 0 Å². The molecule has 4 saturated heterocycles. The van der Waals surface area contributed by atoms with E-state index in [1.807, 2.05) is 24.3 Å². The fourth-order valence-corrected chi connectivity index (χ4v) is 10.1. The van der Waals surface area contributed by atoms with Crippen molar-refractivity contribution in [3.05, 3.63) is 35.4 Å². The van der Waals surface area contributed by atoms with Gasteiger partial charge in [0, 0.05) is 76.3 Å². The highest BCUT2D eigenvalue weighted by molar-refractivity contribution is 5.78. The standard InChI is InChI=1S/C42H58N2O12.2BrH/c1-25(45)53-41-35(49-5)15-27(16-36(41)50-6)23-43(3)29-9-10-30(43)20-33(19-29)55-39(47)13-14-40(48)56-34-21-31-11-12-32(22-34)44(31,4)24-28-17-37(51-7)42(54-26(2)46)38(18-28)52-8;;/h15-18,29-34H,9-14,19-24H2,1-8H3;2*1H/q+2;;/p-2. The zero-order chi connectivity index (χ0) is 40.4. The lowest BCUT2D eigenvalue weighted by molar-refractivity contribution is -0.961. The molecule has 0 saturated carbocycles. The largest absolute Gasteiger partial charge is 1.00 e. The summed E-state index contributed by atoms with van der Waals surface area (Å²) < 4.78 is 46.6. The number of nitrogens with zero attached hydrogens (tertiary/aromatic N) is 2. The molecule has 322 valence electrons. The maximum atomic E-state index is 13.0. The molecule has 4 bridgehead atoms. The van der Waals surface area contributed by atoms with E-state index in [4.69, 9.17) is 37.9 Å². The summed E-state index contributed by atoms with van der Waals surface area (Å²) >= 11 is 0. The lowest BCUT2D eigenvalue weighted by Crippen LogP contribution is -3.00. The SMILES string of the molecule is COc1cc(C[N+]2(C)C3CCC2CC(OC(=O)CCC(=O)OC2CC4CCC(C2)[N+]4(C)Cc2cc(OC)c(OC(C)=O)c(OC)c2)C3)cc(OC)c1OC(C)=O.[Br-].[Br-]. The van der Waals surface area contributed by atoms with Crippen LogP contribution in [-0.2, 0) is 41.7 Å². The minimum Gasteiger partial charge on any atom is -1.00 e. The molecular formula is C42H58Br2N2O12. The number of esters is 4.